The van der Waals surface area contributed by atoms with Crippen molar-refractivity contribution in [3.8, 4) is 0 Å². The molecular formula is C11H26IN3O. The summed E-state index contributed by atoms with van der Waals surface area (Å²) in [5, 5.41) is 3.09. The van der Waals surface area contributed by atoms with Crippen molar-refractivity contribution in [2.75, 3.05) is 19.8 Å². The Hall–Kier alpha value is -0.0400. The Bertz CT molecular complexity index is 190. The number of nitrogens with zero attached hydrogens (tertiary/aromatic N) is 1. The molecule has 0 radical (unpaired) electrons. The predicted octanol–water partition coefficient (Wildman–Crippen LogP) is 2.12. The lowest BCUT2D eigenvalue weighted by Crippen LogP contribution is -2.45. The van der Waals surface area contributed by atoms with Gasteiger partial charge in [-0.2, -0.15) is 0 Å². The zero-order chi connectivity index (χ0) is 11.7. The van der Waals surface area contributed by atoms with Gasteiger partial charge in [-0.3, -0.25) is 4.99 Å². The Morgan fingerprint density at radius 1 is 1.31 bits per heavy atom. The van der Waals surface area contributed by atoms with E-state index in [1.165, 1.54) is 0 Å². The Labute approximate surface area is 116 Å². The van der Waals surface area contributed by atoms with E-state index < -0.39 is 0 Å². The second-order valence-electron chi connectivity index (χ2n) is 4.61. The monoisotopic (exact) mass is 343 g/mol. The topological polar surface area (TPSA) is 59.6 Å². The molecule has 3 N–H and O–H groups in total. The van der Waals surface area contributed by atoms with Crippen molar-refractivity contribution in [2.45, 2.75) is 46.1 Å². The van der Waals surface area contributed by atoms with E-state index in [1.54, 1.807) is 0 Å². The molecule has 0 rings (SSSR count). The fourth-order valence-electron chi connectivity index (χ4n) is 1.00. The normalized spacial score (nSPS) is 12.1. The van der Waals surface area contributed by atoms with Gasteiger partial charge in [-0.05, 0) is 27.2 Å². The largest absolute Gasteiger partial charge is 0.380 e. The molecule has 5 heteroatoms. The number of halogens is 1. The Balaban J connectivity index is 0. The van der Waals surface area contributed by atoms with Crippen LogP contribution in [0, 0.1) is 0 Å². The maximum atomic E-state index is 5.68. The van der Waals surface area contributed by atoms with Gasteiger partial charge in [-0.15, -0.1) is 24.0 Å². The van der Waals surface area contributed by atoms with Gasteiger partial charge in [-0.25, -0.2) is 0 Å². The van der Waals surface area contributed by atoms with Crippen molar-refractivity contribution in [3.63, 3.8) is 0 Å². The van der Waals surface area contributed by atoms with Crippen LogP contribution in [-0.2, 0) is 4.74 Å². The summed E-state index contributed by atoms with van der Waals surface area (Å²) in [5.41, 5.74) is 5.65. The molecule has 0 atom stereocenters. The van der Waals surface area contributed by atoms with E-state index in [0.29, 0.717) is 19.1 Å². The zero-order valence-electron chi connectivity index (χ0n) is 10.9. The second-order valence-corrected chi connectivity index (χ2v) is 4.61. The van der Waals surface area contributed by atoms with E-state index in [1.807, 2.05) is 20.8 Å². The summed E-state index contributed by atoms with van der Waals surface area (Å²) >= 11 is 0. The molecule has 0 fully saturated rings. The summed E-state index contributed by atoms with van der Waals surface area (Å²) in [7, 11) is 0. The maximum absolute atomic E-state index is 5.68. The molecule has 0 saturated carbocycles. The third-order valence-electron chi connectivity index (χ3n) is 1.66. The van der Waals surface area contributed by atoms with Gasteiger partial charge in [0.2, 0.25) is 0 Å². The molecule has 4 nitrogen and oxygen atoms in total. The first-order chi connectivity index (χ1) is 6.95. The second kappa shape index (κ2) is 10.1. The van der Waals surface area contributed by atoms with Gasteiger partial charge in [0.1, 0.15) is 0 Å². The summed E-state index contributed by atoms with van der Waals surface area (Å²) in [6.45, 7) is 10.4. The van der Waals surface area contributed by atoms with Crippen molar-refractivity contribution in [1.29, 1.82) is 0 Å². The summed E-state index contributed by atoms with van der Waals surface area (Å²) in [4.78, 5) is 4.17. The van der Waals surface area contributed by atoms with Crippen LogP contribution < -0.4 is 11.1 Å². The van der Waals surface area contributed by atoms with Crippen molar-refractivity contribution in [3.05, 3.63) is 0 Å². The van der Waals surface area contributed by atoms with Crippen LogP contribution in [0.2, 0.25) is 0 Å². The van der Waals surface area contributed by atoms with E-state index in [2.05, 4.69) is 17.2 Å². The van der Waals surface area contributed by atoms with Crippen LogP contribution in [-0.4, -0.2) is 31.3 Å². The first kappa shape index (κ1) is 18.3. The minimum absolute atomic E-state index is 0. The zero-order valence-corrected chi connectivity index (χ0v) is 13.2. The van der Waals surface area contributed by atoms with E-state index >= 15 is 0 Å². The molecule has 0 aromatic rings. The fourth-order valence-corrected chi connectivity index (χ4v) is 1.00. The van der Waals surface area contributed by atoms with Gasteiger partial charge in [0.25, 0.3) is 0 Å². The van der Waals surface area contributed by atoms with E-state index in [9.17, 15) is 0 Å². The molecule has 0 heterocycles. The molecule has 0 amide bonds. The lowest BCUT2D eigenvalue weighted by Gasteiger charge is -2.20. The highest BCUT2D eigenvalue weighted by atomic mass is 127. The smallest absolute Gasteiger partial charge is 0.189 e. The average molecular weight is 343 g/mol. The highest BCUT2D eigenvalue weighted by Crippen LogP contribution is 1.96. The Morgan fingerprint density at radius 3 is 2.44 bits per heavy atom. The van der Waals surface area contributed by atoms with Crippen molar-refractivity contribution >= 4 is 29.9 Å². The Morgan fingerprint density at radius 2 is 1.94 bits per heavy atom. The number of unbranched alkanes of at least 4 members (excludes halogenated alkanes) is 1. The third kappa shape index (κ3) is 14.0. The molecule has 98 valence electrons. The number of ether oxygens (including phenoxy) is 1. The van der Waals surface area contributed by atoms with Crippen molar-refractivity contribution in [1.82, 2.24) is 5.32 Å². The number of nitrogens with two attached hydrogens (primary N) is 1. The minimum atomic E-state index is -0.0311. The summed E-state index contributed by atoms with van der Waals surface area (Å²) in [6.07, 6.45) is 2.27. The molecule has 0 bridgehead atoms. The summed E-state index contributed by atoms with van der Waals surface area (Å²) in [6, 6.07) is 0. The lowest BCUT2D eigenvalue weighted by atomic mass is 10.1. The van der Waals surface area contributed by atoms with E-state index in [0.717, 1.165) is 19.4 Å². The molecule has 0 saturated heterocycles. The van der Waals surface area contributed by atoms with Crippen LogP contribution >= 0.6 is 24.0 Å². The number of guanidine groups is 1. The molecule has 0 unspecified atom stereocenters. The van der Waals surface area contributed by atoms with Gasteiger partial charge in [-0.1, -0.05) is 13.3 Å². The van der Waals surface area contributed by atoms with Gasteiger partial charge in [0.05, 0.1) is 13.2 Å². The quantitative estimate of drug-likeness (QED) is 0.336. The van der Waals surface area contributed by atoms with Crippen LogP contribution in [0.5, 0.6) is 0 Å². The molecule has 0 aromatic heterocycles. The standard InChI is InChI=1S/C11H25N3O.HI/c1-5-6-8-15-9-7-13-10(12)14-11(2,3)4;/h5-9H2,1-4H3,(H3,12,13,14);1H. The third-order valence-corrected chi connectivity index (χ3v) is 1.66. The molecular weight excluding hydrogens is 317 g/mol. The average Bonchev–Trinajstić information content (AvgIpc) is 2.08. The maximum Gasteiger partial charge on any atom is 0.189 e. The number of hydrogen-bond donors (Lipinski definition) is 2. The highest BCUT2D eigenvalue weighted by molar-refractivity contribution is 14.0. The molecule has 0 aliphatic heterocycles. The van der Waals surface area contributed by atoms with Gasteiger partial charge in [0, 0.05) is 12.1 Å². The van der Waals surface area contributed by atoms with Crippen LogP contribution in [0.3, 0.4) is 0 Å². The van der Waals surface area contributed by atoms with Gasteiger partial charge in [0.15, 0.2) is 5.96 Å². The fraction of sp³-hybridized carbons (Fsp3) is 0.909. The van der Waals surface area contributed by atoms with Crippen LogP contribution in [0.25, 0.3) is 0 Å². The molecule has 0 aromatic carbocycles. The first-order valence-corrected chi connectivity index (χ1v) is 5.61. The predicted molar refractivity (Wildman–Crippen MR) is 80.5 cm³/mol. The molecule has 0 spiro atoms. The number of rotatable bonds is 6. The van der Waals surface area contributed by atoms with Crippen molar-refractivity contribution in [2.24, 2.45) is 10.7 Å². The summed E-state index contributed by atoms with van der Waals surface area (Å²) in [5.74, 6) is 0.488. The van der Waals surface area contributed by atoms with Crippen LogP contribution in [0.4, 0.5) is 0 Å². The van der Waals surface area contributed by atoms with Crippen molar-refractivity contribution < 1.29 is 4.74 Å². The van der Waals surface area contributed by atoms with Crippen LogP contribution in [0.1, 0.15) is 40.5 Å². The molecule has 16 heavy (non-hydrogen) atoms. The molecule has 0 aliphatic rings. The SMILES string of the molecule is CCCCOCCN=C(N)NC(C)(C)C.I. The lowest BCUT2D eigenvalue weighted by molar-refractivity contribution is 0.139. The Kier molecular flexibility index (Phi) is 11.6. The number of hydrogen-bond acceptors (Lipinski definition) is 2. The van der Waals surface area contributed by atoms with E-state index in [-0.39, 0.29) is 29.5 Å². The first-order valence-electron chi connectivity index (χ1n) is 5.61. The summed E-state index contributed by atoms with van der Waals surface area (Å²) < 4.78 is 5.36. The van der Waals surface area contributed by atoms with E-state index in [4.69, 9.17) is 10.5 Å². The van der Waals surface area contributed by atoms with Crippen LogP contribution in [0.15, 0.2) is 4.99 Å². The minimum Gasteiger partial charge on any atom is -0.380 e. The number of aliphatic imine (C=N–C) groups is 1. The van der Waals surface area contributed by atoms with Gasteiger partial charge >= 0.3 is 0 Å². The molecule has 0 aliphatic carbocycles. The highest BCUT2D eigenvalue weighted by Gasteiger charge is 2.09. The van der Waals surface area contributed by atoms with Gasteiger partial charge < -0.3 is 15.8 Å². The number of nitrogens with one attached hydrogen (secondary N) is 1.